The highest BCUT2D eigenvalue weighted by Crippen LogP contribution is 2.40. The standard InChI is InChI=1S/C21H21FN2O4/c1-27-16-9-7-14(8-10-16)17-11-23-13-21(17,22)19(25)24-18(12-28-20(24)26)15-5-3-2-4-6-15/h2-10,17-18,23H,11-13H2,1H3/t17-,18-,21-/m0/s1. The van der Waals surface area contributed by atoms with Crippen LogP contribution in [0.2, 0.25) is 0 Å². The number of ether oxygens (including phenoxy) is 2. The Morgan fingerprint density at radius 3 is 2.57 bits per heavy atom. The monoisotopic (exact) mass is 384 g/mol. The summed E-state index contributed by atoms with van der Waals surface area (Å²) in [6, 6.07) is 15.4. The summed E-state index contributed by atoms with van der Waals surface area (Å²) in [6.07, 6.45) is -0.809. The number of cyclic esters (lactones) is 1. The normalized spacial score (nSPS) is 26.9. The molecule has 2 heterocycles. The summed E-state index contributed by atoms with van der Waals surface area (Å²) in [4.78, 5) is 26.5. The highest BCUT2D eigenvalue weighted by molar-refractivity contribution is 5.99. The van der Waals surface area contributed by atoms with E-state index in [4.69, 9.17) is 9.47 Å². The van der Waals surface area contributed by atoms with Gasteiger partial charge in [0.15, 0.2) is 0 Å². The molecular weight excluding hydrogens is 363 g/mol. The van der Waals surface area contributed by atoms with Crippen LogP contribution in [0.4, 0.5) is 9.18 Å². The fraction of sp³-hybridized carbons (Fsp3) is 0.333. The van der Waals surface area contributed by atoms with E-state index in [1.54, 1.807) is 43.5 Å². The number of benzene rings is 2. The Bertz CT molecular complexity index is 874. The molecule has 0 radical (unpaired) electrons. The van der Waals surface area contributed by atoms with Crippen molar-refractivity contribution in [3.63, 3.8) is 0 Å². The minimum atomic E-state index is -2.25. The van der Waals surface area contributed by atoms with Crippen LogP contribution in [0.3, 0.4) is 0 Å². The second kappa shape index (κ2) is 7.24. The molecular formula is C21H21FN2O4. The van der Waals surface area contributed by atoms with Gasteiger partial charge in [-0.3, -0.25) is 4.79 Å². The number of hydrogen-bond acceptors (Lipinski definition) is 5. The van der Waals surface area contributed by atoms with Crippen molar-refractivity contribution in [3.05, 3.63) is 65.7 Å². The predicted octanol–water partition coefficient (Wildman–Crippen LogP) is 2.81. The highest BCUT2D eigenvalue weighted by atomic mass is 19.1. The van der Waals surface area contributed by atoms with E-state index in [0.29, 0.717) is 17.9 Å². The summed E-state index contributed by atoms with van der Waals surface area (Å²) < 4.78 is 26.3. The van der Waals surface area contributed by atoms with Crippen LogP contribution in [0, 0.1) is 0 Å². The molecule has 0 aliphatic carbocycles. The number of nitrogens with zero attached hydrogens (tertiary/aromatic N) is 1. The van der Waals surface area contributed by atoms with Gasteiger partial charge in [0.25, 0.3) is 5.91 Å². The minimum absolute atomic E-state index is 0.0191. The first-order valence-electron chi connectivity index (χ1n) is 9.13. The molecule has 0 bridgehead atoms. The van der Waals surface area contributed by atoms with Crippen LogP contribution < -0.4 is 10.1 Å². The fourth-order valence-corrected chi connectivity index (χ4v) is 3.89. The molecule has 7 heteroatoms. The lowest BCUT2D eigenvalue weighted by Crippen LogP contribution is -2.51. The van der Waals surface area contributed by atoms with Crippen molar-refractivity contribution < 1.29 is 23.5 Å². The second-order valence-electron chi connectivity index (χ2n) is 7.00. The lowest BCUT2D eigenvalue weighted by molar-refractivity contribution is -0.141. The first kappa shape index (κ1) is 18.4. The van der Waals surface area contributed by atoms with Crippen LogP contribution >= 0.6 is 0 Å². The summed E-state index contributed by atoms with van der Waals surface area (Å²) in [5.41, 5.74) is -0.840. The number of methoxy groups -OCH3 is 1. The molecule has 2 aromatic carbocycles. The number of nitrogens with one attached hydrogen (secondary N) is 1. The summed E-state index contributed by atoms with van der Waals surface area (Å²) in [7, 11) is 1.55. The smallest absolute Gasteiger partial charge is 0.417 e. The number of carbonyl (C=O) groups excluding carboxylic acids is 2. The average molecular weight is 384 g/mol. The van der Waals surface area contributed by atoms with E-state index in [1.165, 1.54) is 0 Å². The maximum atomic E-state index is 16.1. The molecule has 2 aliphatic heterocycles. The molecule has 2 saturated heterocycles. The van der Waals surface area contributed by atoms with Crippen LogP contribution in [0.1, 0.15) is 23.1 Å². The quantitative estimate of drug-likeness (QED) is 0.878. The zero-order chi connectivity index (χ0) is 19.7. The molecule has 2 amide bonds. The number of imide groups is 1. The summed E-state index contributed by atoms with van der Waals surface area (Å²) in [5, 5.41) is 2.96. The average Bonchev–Trinajstić information content (AvgIpc) is 3.32. The van der Waals surface area contributed by atoms with E-state index in [9.17, 15) is 9.59 Å². The zero-order valence-electron chi connectivity index (χ0n) is 15.4. The van der Waals surface area contributed by atoms with Gasteiger partial charge in [0.1, 0.15) is 18.4 Å². The molecule has 0 aromatic heterocycles. The lowest BCUT2D eigenvalue weighted by atomic mass is 9.85. The Morgan fingerprint density at radius 2 is 1.89 bits per heavy atom. The Kier molecular flexibility index (Phi) is 4.77. The van der Waals surface area contributed by atoms with Gasteiger partial charge < -0.3 is 14.8 Å². The van der Waals surface area contributed by atoms with E-state index in [-0.39, 0.29) is 13.2 Å². The van der Waals surface area contributed by atoms with Crippen molar-refractivity contribution >= 4 is 12.0 Å². The van der Waals surface area contributed by atoms with Gasteiger partial charge in [0.2, 0.25) is 5.67 Å². The van der Waals surface area contributed by atoms with Gasteiger partial charge in [0, 0.05) is 19.0 Å². The topological polar surface area (TPSA) is 67.9 Å². The van der Waals surface area contributed by atoms with Gasteiger partial charge in [-0.2, -0.15) is 0 Å². The molecule has 2 aromatic rings. The van der Waals surface area contributed by atoms with Gasteiger partial charge in [-0.05, 0) is 23.3 Å². The predicted molar refractivity (Wildman–Crippen MR) is 99.8 cm³/mol. The molecule has 0 saturated carbocycles. The molecule has 146 valence electrons. The van der Waals surface area contributed by atoms with Crippen molar-refractivity contribution in [2.24, 2.45) is 0 Å². The molecule has 1 N–H and O–H groups in total. The van der Waals surface area contributed by atoms with Crippen molar-refractivity contribution in [1.29, 1.82) is 0 Å². The number of carbonyl (C=O) groups is 2. The van der Waals surface area contributed by atoms with Crippen molar-refractivity contribution in [2.45, 2.75) is 17.6 Å². The van der Waals surface area contributed by atoms with Crippen LogP contribution in [0.25, 0.3) is 0 Å². The number of halogens is 1. The first-order valence-corrected chi connectivity index (χ1v) is 9.13. The Morgan fingerprint density at radius 1 is 1.18 bits per heavy atom. The lowest BCUT2D eigenvalue weighted by Gasteiger charge is -2.30. The molecule has 4 rings (SSSR count). The third kappa shape index (κ3) is 3.01. The van der Waals surface area contributed by atoms with Gasteiger partial charge in [-0.1, -0.05) is 42.5 Å². The number of amides is 2. The van der Waals surface area contributed by atoms with E-state index in [0.717, 1.165) is 10.5 Å². The molecule has 2 aliphatic rings. The number of rotatable bonds is 4. The summed E-state index contributed by atoms with van der Waals surface area (Å²) in [5.74, 6) is -0.928. The minimum Gasteiger partial charge on any atom is -0.497 e. The van der Waals surface area contributed by atoms with Crippen molar-refractivity contribution in [1.82, 2.24) is 10.2 Å². The molecule has 2 fully saturated rings. The van der Waals surface area contributed by atoms with E-state index < -0.39 is 29.6 Å². The van der Waals surface area contributed by atoms with Crippen LogP contribution in [0.15, 0.2) is 54.6 Å². The highest BCUT2D eigenvalue weighted by Gasteiger charge is 2.56. The maximum absolute atomic E-state index is 16.1. The zero-order valence-corrected chi connectivity index (χ0v) is 15.4. The molecule has 3 atom stereocenters. The van der Waals surface area contributed by atoms with Gasteiger partial charge in [-0.15, -0.1) is 0 Å². The van der Waals surface area contributed by atoms with Crippen LogP contribution in [-0.4, -0.2) is 49.4 Å². The van der Waals surface area contributed by atoms with Crippen molar-refractivity contribution in [3.8, 4) is 5.75 Å². The Balaban J connectivity index is 1.65. The molecule has 28 heavy (non-hydrogen) atoms. The van der Waals surface area contributed by atoms with E-state index in [1.807, 2.05) is 18.2 Å². The fourth-order valence-electron chi connectivity index (χ4n) is 3.89. The van der Waals surface area contributed by atoms with Gasteiger partial charge in [-0.25, -0.2) is 14.1 Å². The van der Waals surface area contributed by atoms with E-state index >= 15 is 4.39 Å². The third-order valence-corrected chi connectivity index (χ3v) is 5.43. The number of hydrogen-bond donors (Lipinski definition) is 1. The Hall–Kier alpha value is -2.93. The molecule has 0 unspecified atom stereocenters. The summed E-state index contributed by atoms with van der Waals surface area (Å²) in [6.45, 7) is 0.159. The van der Waals surface area contributed by atoms with E-state index in [2.05, 4.69) is 5.32 Å². The largest absolute Gasteiger partial charge is 0.497 e. The first-order chi connectivity index (χ1) is 13.5. The van der Waals surface area contributed by atoms with Crippen LogP contribution in [0.5, 0.6) is 5.75 Å². The number of alkyl halides is 1. The summed E-state index contributed by atoms with van der Waals surface area (Å²) >= 11 is 0. The van der Waals surface area contributed by atoms with Crippen LogP contribution in [-0.2, 0) is 9.53 Å². The maximum Gasteiger partial charge on any atom is 0.417 e. The van der Waals surface area contributed by atoms with Gasteiger partial charge in [0.05, 0.1) is 7.11 Å². The molecule has 6 nitrogen and oxygen atoms in total. The third-order valence-electron chi connectivity index (χ3n) is 5.43. The SMILES string of the molecule is COc1ccc([C@@H]2CNC[C@@]2(F)C(=O)N2C(=O)OC[C@H]2c2ccccc2)cc1. The van der Waals surface area contributed by atoms with Gasteiger partial charge >= 0.3 is 6.09 Å². The second-order valence-corrected chi connectivity index (χ2v) is 7.00. The van der Waals surface area contributed by atoms with Crippen molar-refractivity contribution in [2.75, 3.05) is 26.8 Å². The Labute approximate surface area is 162 Å². The molecule has 0 spiro atoms.